The molecular formula is C18H26ClN3O2. The zero-order valence-electron chi connectivity index (χ0n) is 14.0. The molecule has 0 unspecified atom stereocenters. The Labute approximate surface area is 148 Å². The Morgan fingerprint density at radius 2 is 1.88 bits per heavy atom. The van der Waals surface area contributed by atoms with E-state index < -0.39 is 0 Å². The first-order chi connectivity index (χ1) is 11.7. The predicted molar refractivity (Wildman–Crippen MR) is 95.6 cm³/mol. The second-order valence-corrected chi connectivity index (χ2v) is 6.88. The van der Waals surface area contributed by atoms with E-state index in [4.69, 9.17) is 16.3 Å². The fraction of sp³-hybridized carbons (Fsp3) is 0.611. The van der Waals surface area contributed by atoms with Gasteiger partial charge >= 0.3 is 0 Å². The number of nitrogens with one attached hydrogen (secondary N) is 1. The van der Waals surface area contributed by atoms with Crippen LogP contribution in [0.15, 0.2) is 24.3 Å². The highest BCUT2D eigenvalue weighted by Gasteiger charge is 2.28. The van der Waals surface area contributed by atoms with Crippen molar-refractivity contribution in [2.75, 3.05) is 52.4 Å². The summed E-state index contributed by atoms with van der Waals surface area (Å²) in [5.41, 5.74) is 0. The van der Waals surface area contributed by atoms with Gasteiger partial charge in [0.15, 0.2) is 0 Å². The lowest BCUT2D eigenvalue weighted by atomic mass is 9.96. The first-order valence-electron chi connectivity index (χ1n) is 8.83. The molecule has 2 fully saturated rings. The smallest absolute Gasteiger partial charge is 0.225 e. The summed E-state index contributed by atoms with van der Waals surface area (Å²) in [6, 6.07) is 7.54. The molecule has 24 heavy (non-hydrogen) atoms. The Morgan fingerprint density at radius 3 is 2.58 bits per heavy atom. The number of hydrogen-bond donors (Lipinski definition) is 1. The van der Waals surface area contributed by atoms with Crippen LogP contribution in [0.4, 0.5) is 0 Å². The van der Waals surface area contributed by atoms with Crippen LogP contribution in [0, 0.1) is 5.92 Å². The van der Waals surface area contributed by atoms with E-state index in [0.717, 1.165) is 64.4 Å². The normalized spacial score (nSPS) is 20.1. The quantitative estimate of drug-likeness (QED) is 0.879. The highest BCUT2D eigenvalue weighted by molar-refractivity contribution is 6.32. The molecule has 2 aliphatic rings. The molecule has 0 radical (unpaired) electrons. The Balaban J connectivity index is 1.37. The highest BCUT2D eigenvalue weighted by Crippen LogP contribution is 2.23. The van der Waals surface area contributed by atoms with Crippen LogP contribution in [0.1, 0.15) is 12.8 Å². The first-order valence-corrected chi connectivity index (χ1v) is 9.21. The zero-order chi connectivity index (χ0) is 16.8. The highest BCUT2D eigenvalue weighted by atomic mass is 35.5. The molecule has 0 saturated carbocycles. The summed E-state index contributed by atoms with van der Waals surface area (Å²) in [7, 11) is 0. The molecule has 5 nitrogen and oxygen atoms in total. The lowest BCUT2D eigenvalue weighted by molar-refractivity contribution is -0.138. The van der Waals surface area contributed by atoms with E-state index in [9.17, 15) is 4.79 Å². The monoisotopic (exact) mass is 351 g/mol. The number of para-hydroxylation sites is 1. The molecule has 2 heterocycles. The Morgan fingerprint density at radius 1 is 1.17 bits per heavy atom. The largest absolute Gasteiger partial charge is 0.491 e. The SMILES string of the molecule is O=C(C1CCNCC1)N1CCN(CCOc2ccccc2Cl)CC1. The maximum atomic E-state index is 12.5. The number of carbonyl (C=O) groups is 1. The molecule has 0 bridgehead atoms. The van der Waals surface area contributed by atoms with Gasteiger partial charge in [0, 0.05) is 38.6 Å². The second-order valence-electron chi connectivity index (χ2n) is 6.47. The number of piperidine rings is 1. The van der Waals surface area contributed by atoms with Crippen molar-refractivity contribution in [2.24, 2.45) is 5.92 Å². The lowest BCUT2D eigenvalue weighted by Crippen LogP contribution is -2.52. The number of piperazine rings is 1. The van der Waals surface area contributed by atoms with Crippen molar-refractivity contribution in [1.82, 2.24) is 15.1 Å². The van der Waals surface area contributed by atoms with Crippen molar-refractivity contribution < 1.29 is 9.53 Å². The standard InChI is InChI=1S/C18H26ClN3O2/c19-16-3-1-2-4-17(16)24-14-13-21-9-11-22(12-10-21)18(23)15-5-7-20-8-6-15/h1-4,15,20H,5-14H2. The van der Waals surface area contributed by atoms with Crippen molar-refractivity contribution >= 4 is 17.5 Å². The van der Waals surface area contributed by atoms with Gasteiger partial charge in [-0.25, -0.2) is 0 Å². The van der Waals surface area contributed by atoms with E-state index >= 15 is 0 Å². The van der Waals surface area contributed by atoms with Crippen LogP contribution in [0.25, 0.3) is 0 Å². The van der Waals surface area contributed by atoms with Crippen molar-refractivity contribution in [2.45, 2.75) is 12.8 Å². The summed E-state index contributed by atoms with van der Waals surface area (Å²) in [6.45, 7) is 6.91. The average Bonchev–Trinajstić information content (AvgIpc) is 2.64. The summed E-state index contributed by atoms with van der Waals surface area (Å²) in [4.78, 5) is 16.9. The van der Waals surface area contributed by atoms with Gasteiger partial charge in [0.05, 0.1) is 5.02 Å². The van der Waals surface area contributed by atoms with Gasteiger partial charge in [-0.15, -0.1) is 0 Å². The van der Waals surface area contributed by atoms with E-state index in [1.54, 1.807) is 0 Å². The minimum atomic E-state index is 0.223. The third-order valence-corrected chi connectivity index (χ3v) is 5.19. The van der Waals surface area contributed by atoms with Crippen LogP contribution in [0.3, 0.4) is 0 Å². The van der Waals surface area contributed by atoms with E-state index in [2.05, 4.69) is 10.2 Å². The van der Waals surface area contributed by atoms with Crippen LogP contribution < -0.4 is 10.1 Å². The van der Waals surface area contributed by atoms with Gasteiger partial charge in [-0.05, 0) is 38.1 Å². The number of nitrogens with zero attached hydrogens (tertiary/aromatic N) is 2. The van der Waals surface area contributed by atoms with Gasteiger partial charge in [0.25, 0.3) is 0 Å². The molecule has 0 aliphatic carbocycles. The van der Waals surface area contributed by atoms with Crippen LogP contribution in [0.2, 0.25) is 5.02 Å². The van der Waals surface area contributed by atoms with Gasteiger partial charge < -0.3 is 15.0 Å². The summed E-state index contributed by atoms with van der Waals surface area (Å²) >= 11 is 6.09. The third-order valence-electron chi connectivity index (χ3n) is 4.87. The van der Waals surface area contributed by atoms with E-state index in [0.29, 0.717) is 17.5 Å². The van der Waals surface area contributed by atoms with Crippen molar-refractivity contribution in [1.29, 1.82) is 0 Å². The Kier molecular flexibility index (Phi) is 6.35. The lowest BCUT2D eigenvalue weighted by Gasteiger charge is -2.37. The van der Waals surface area contributed by atoms with Gasteiger partial charge in [-0.2, -0.15) is 0 Å². The summed E-state index contributed by atoms with van der Waals surface area (Å²) in [5, 5.41) is 3.97. The van der Waals surface area contributed by atoms with Crippen LogP contribution in [-0.2, 0) is 4.79 Å². The number of ether oxygens (including phenoxy) is 1. The molecule has 2 saturated heterocycles. The average molecular weight is 352 g/mol. The third kappa shape index (κ3) is 4.62. The second kappa shape index (κ2) is 8.70. The molecule has 1 aromatic rings. The molecule has 0 atom stereocenters. The number of amides is 1. The molecule has 3 rings (SSSR count). The Bertz CT molecular complexity index is 541. The van der Waals surface area contributed by atoms with Crippen molar-refractivity contribution in [3.05, 3.63) is 29.3 Å². The minimum Gasteiger partial charge on any atom is -0.491 e. The maximum Gasteiger partial charge on any atom is 0.225 e. The molecule has 6 heteroatoms. The first kappa shape index (κ1) is 17.5. The predicted octanol–water partition coefficient (Wildman–Crippen LogP) is 1.86. The Hall–Kier alpha value is -1.30. The fourth-order valence-corrected chi connectivity index (χ4v) is 3.56. The summed E-state index contributed by atoms with van der Waals surface area (Å²) in [5.74, 6) is 1.31. The number of rotatable bonds is 5. The summed E-state index contributed by atoms with van der Waals surface area (Å²) < 4.78 is 5.75. The van der Waals surface area contributed by atoms with E-state index in [1.165, 1.54) is 0 Å². The molecule has 1 aromatic carbocycles. The number of carbonyl (C=O) groups excluding carboxylic acids is 1. The van der Waals surface area contributed by atoms with Gasteiger partial charge in [0.1, 0.15) is 12.4 Å². The van der Waals surface area contributed by atoms with Crippen molar-refractivity contribution in [3.8, 4) is 5.75 Å². The van der Waals surface area contributed by atoms with Gasteiger partial charge in [-0.3, -0.25) is 9.69 Å². The van der Waals surface area contributed by atoms with Gasteiger partial charge in [-0.1, -0.05) is 23.7 Å². The van der Waals surface area contributed by atoms with Crippen molar-refractivity contribution in [3.63, 3.8) is 0 Å². The van der Waals surface area contributed by atoms with Gasteiger partial charge in [0.2, 0.25) is 5.91 Å². The number of halogens is 1. The molecule has 2 aliphatic heterocycles. The molecule has 1 N–H and O–H groups in total. The summed E-state index contributed by atoms with van der Waals surface area (Å²) in [6.07, 6.45) is 1.95. The van der Waals surface area contributed by atoms with Crippen LogP contribution in [0.5, 0.6) is 5.75 Å². The molecule has 1 amide bonds. The minimum absolute atomic E-state index is 0.223. The molecule has 0 spiro atoms. The van der Waals surface area contributed by atoms with E-state index in [1.807, 2.05) is 29.2 Å². The maximum absolute atomic E-state index is 12.5. The topological polar surface area (TPSA) is 44.8 Å². The zero-order valence-corrected chi connectivity index (χ0v) is 14.8. The molecule has 0 aromatic heterocycles. The number of hydrogen-bond acceptors (Lipinski definition) is 4. The number of benzene rings is 1. The van der Waals surface area contributed by atoms with Crippen LogP contribution in [-0.4, -0.2) is 68.1 Å². The van der Waals surface area contributed by atoms with E-state index in [-0.39, 0.29) is 5.92 Å². The van der Waals surface area contributed by atoms with Crippen LogP contribution >= 0.6 is 11.6 Å². The fourth-order valence-electron chi connectivity index (χ4n) is 3.37. The molecular weight excluding hydrogens is 326 g/mol. The molecule has 132 valence electrons.